The van der Waals surface area contributed by atoms with Crippen LogP contribution in [0.25, 0.3) is 10.4 Å². The van der Waals surface area contributed by atoms with Gasteiger partial charge in [0.05, 0.1) is 13.7 Å². The second-order valence-corrected chi connectivity index (χ2v) is 11.3. The summed E-state index contributed by atoms with van der Waals surface area (Å²) in [6, 6.07) is 14.0. The van der Waals surface area contributed by atoms with Gasteiger partial charge in [0.25, 0.3) is 5.56 Å². The molecule has 44 heavy (non-hydrogen) atoms. The molecule has 2 aromatic carbocycles. The zero-order chi connectivity index (χ0) is 31.2. The summed E-state index contributed by atoms with van der Waals surface area (Å²) in [5, 5.41) is 15.3. The number of ether oxygens (including phenoxy) is 4. The summed E-state index contributed by atoms with van der Waals surface area (Å²) in [6.45, 7) is 3.70. The molecule has 0 bridgehead atoms. The van der Waals surface area contributed by atoms with E-state index in [9.17, 15) is 25.0 Å². The number of anilines is 1. The fraction of sp³-hybridized carbons (Fsp3) is 0.433. The molecule has 1 amide bonds. The van der Waals surface area contributed by atoms with Crippen molar-refractivity contribution in [3.63, 3.8) is 0 Å². The maximum Gasteiger partial charge on any atom is 0.333 e. The number of nitrogens with zero attached hydrogens (tertiary/aromatic N) is 6. The Kier molecular flexibility index (Phi) is 7.78. The zero-order valence-electron chi connectivity index (χ0n) is 24.3. The third kappa shape index (κ3) is 5.27. The molecule has 3 aromatic rings. The van der Waals surface area contributed by atoms with E-state index >= 15 is 0 Å². The number of carbonyl (C=O) groups is 1. The van der Waals surface area contributed by atoms with Gasteiger partial charge in [-0.3, -0.25) is 18.7 Å². The molecule has 230 valence electrons. The lowest BCUT2D eigenvalue weighted by molar-refractivity contribution is -0.209. The fourth-order valence-electron chi connectivity index (χ4n) is 6.12. The van der Waals surface area contributed by atoms with Crippen LogP contribution < -0.4 is 20.9 Å². The van der Waals surface area contributed by atoms with Gasteiger partial charge in [0, 0.05) is 29.4 Å². The van der Waals surface area contributed by atoms with E-state index in [0.717, 1.165) is 10.1 Å². The van der Waals surface area contributed by atoms with E-state index in [4.69, 9.17) is 18.9 Å². The van der Waals surface area contributed by atoms with Crippen molar-refractivity contribution in [2.75, 3.05) is 18.6 Å². The van der Waals surface area contributed by atoms with Gasteiger partial charge in [0.2, 0.25) is 5.91 Å². The molecule has 6 atom stereocenters. The average molecular weight is 605 g/mol. The molecule has 2 fully saturated rings. The highest BCUT2D eigenvalue weighted by Gasteiger charge is 2.59. The molecular weight excluding hydrogens is 572 g/mol. The van der Waals surface area contributed by atoms with E-state index in [1.54, 1.807) is 57.4 Å². The first-order valence-electron chi connectivity index (χ1n) is 14.2. The third-order valence-corrected chi connectivity index (χ3v) is 8.18. The van der Waals surface area contributed by atoms with Crippen molar-refractivity contribution in [2.24, 2.45) is 5.11 Å². The van der Waals surface area contributed by atoms with E-state index in [-0.39, 0.29) is 6.54 Å². The maximum absolute atomic E-state index is 13.7. The number of para-hydroxylation sites is 1. The topological polar surface area (TPSA) is 170 Å². The standard InChI is InChI=1S/C30H32N6O8/c1-30(2)43-25-24(23(38)22(32-33-31)27(39)34-14-12-18-6-4-5-7-20(18)34)42-28(26(25)44-30)35-15-13-21(37)36(29(35)40)16-17-8-10-19(41-3)11-9-17/h4-11,13,15,22-26,28,38H,12,14,16H2,1-3H3/t22-,23+,24-,25-,26-,28-/m1/s1. The Morgan fingerprint density at radius 2 is 1.86 bits per heavy atom. The Bertz CT molecular complexity index is 1730. The van der Waals surface area contributed by atoms with Crippen LogP contribution in [0, 0.1) is 0 Å². The number of rotatable bonds is 8. The number of aromatic nitrogens is 2. The predicted molar refractivity (Wildman–Crippen MR) is 156 cm³/mol. The van der Waals surface area contributed by atoms with E-state index in [1.165, 1.54) is 21.7 Å². The number of hydrogen-bond acceptors (Lipinski definition) is 9. The number of aliphatic hydroxyl groups excluding tert-OH is 1. The highest BCUT2D eigenvalue weighted by atomic mass is 16.8. The molecule has 0 unspecified atom stereocenters. The molecule has 3 aliphatic heterocycles. The molecule has 1 N–H and O–H groups in total. The molecule has 14 heteroatoms. The second kappa shape index (κ2) is 11.6. The van der Waals surface area contributed by atoms with Crippen molar-refractivity contribution in [2.45, 2.75) is 69.3 Å². The summed E-state index contributed by atoms with van der Waals surface area (Å²) in [5.74, 6) is -1.08. The van der Waals surface area contributed by atoms with Crippen LogP contribution in [0.15, 0.2) is 75.5 Å². The number of hydrogen-bond donors (Lipinski definition) is 1. The summed E-state index contributed by atoms with van der Waals surface area (Å²) in [7, 11) is 1.54. The van der Waals surface area contributed by atoms with E-state index in [1.807, 2.05) is 12.1 Å². The van der Waals surface area contributed by atoms with Gasteiger partial charge in [0.15, 0.2) is 12.0 Å². The van der Waals surface area contributed by atoms with E-state index in [2.05, 4.69) is 10.0 Å². The quantitative estimate of drug-likeness (QED) is 0.232. The van der Waals surface area contributed by atoms with Crippen molar-refractivity contribution in [3.05, 3.63) is 103 Å². The Hall–Kier alpha value is -4.46. The van der Waals surface area contributed by atoms with Gasteiger partial charge in [-0.05, 0) is 55.1 Å². The number of aliphatic hydroxyl groups is 1. The van der Waals surface area contributed by atoms with Crippen molar-refractivity contribution < 1.29 is 28.8 Å². The molecule has 0 spiro atoms. The van der Waals surface area contributed by atoms with Crippen molar-refractivity contribution >= 4 is 11.6 Å². The summed E-state index contributed by atoms with van der Waals surface area (Å²) in [5.41, 5.74) is 10.5. The van der Waals surface area contributed by atoms with Gasteiger partial charge >= 0.3 is 5.69 Å². The molecule has 0 saturated carbocycles. The lowest BCUT2D eigenvalue weighted by Crippen LogP contribution is -2.51. The van der Waals surface area contributed by atoms with Gasteiger partial charge in [-0.25, -0.2) is 4.79 Å². The van der Waals surface area contributed by atoms with Crippen LogP contribution in [-0.4, -0.2) is 70.0 Å². The first-order valence-corrected chi connectivity index (χ1v) is 14.2. The van der Waals surface area contributed by atoms with Gasteiger partial charge in [0.1, 0.15) is 36.2 Å². The van der Waals surface area contributed by atoms with Crippen LogP contribution in [0.3, 0.4) is 0 Å². The summed E-state index contributed by atoms with van der Waals surface area (Å²) < 4.78 is 25.9. The first kappa shape index (κ1) is 29.6. The van der Waals surface area contributed by atoms with Gasteiger partial charge in [-0.15, -0.1) is 0 Å². The molecule has 0 aliphatic carbocycles. The Morgan fingerprint density at radius 3 is 2.59 bits per heavy atom. The van der Waals surface area contributed by atoms with Crippen LogP contribution in [0.5, 0.6) is 5.75 Å². The average Bonchev–Trinajstić information content (AvgIpc) is 3.68. The highest BCUT2D eigenvalue weighted by Crippen LogP contribution is 2.44. The number of methoxy groups -OCH3 is 1. The normalized spacial score (nSPS) is 24.7. The lowest BCUT2D eigenvalue weighted by Gasteiger charge is -2.30. The van der Waals surface area contributed by atoms with E-state index in [0.29, 0.717) is 30.0 Å². The smallest absolute Gasteiger partial charge is 0.333 e. The van der Waals surface area contributed by atoms with Gasteiger partial charge < -0.3 is 29.0 Å². The number of benzene rings is 2. The second-order valence-electron chi connectivity index (χ2n) is 11.3. The Labute approximate surface area is 251 Å². The molecule has 2 saturated heterocycles. The Balaban J connectivity index is 1.32. The molecule has 4 heterocycles. The fourth-order valence-corrected chi connectivity index (χ4v) is 6.12. The lowest BCUT2D eigenvalue weighted by atomic mass is 9.99. The highest BCUT2D eigenvalue weighted by molar-refractivity contribution is 5.99. The zero-order valence-corrected chi connectivity index (χ0v) is 24.3. The van der Waals surface area contributed by atoms with Crippen LogP contribution in [0.4, 0.5) is 5.69 Å². The minimum atomic E-state index is -1.65. The maximum atomic E-state index is 13.7. The number of amides is 1. The predicted octanol–water partition coefficient (Wildman–Crippen LogP) is 2.11. The minimum Gasteiger partial charge on any atom is -0.497 e. The molecular formula is C30H32N6O8. The Morgan fingerprint density at radius 1 is 1.14 bits per heavy atom. The minimum absolute atomic E-state index is 0.0109. The summed E-state index contributed by atoms with van der Waals surface area (Å²) >= 11 is 0. The van der Waals surface area contributed by atoms with Crippen molar-refractivity contribution in [3.8, 4) is 5.75 Å². The molecule has 3 aliphatic rings. The first-order chi connectivity index (χ1) is 21.1. The third-order valence-electron chi connectivity index (χ3n) is 8.18. The van der Waals surface area contributed by atoms with Crippen LogP contribution in [-0.2, 0) is 32.0 Å². The molecule has 6 rings (SSSR count). The number of azide groups is 1. The van der Waals surface area contributed by atoms with Crippen LogP contribution in [0.2, 0.25) is 0 Å². The summed E-state index contributed by atoms with van der Waals surface area (Å²) in [6.07, 6.45) is -3.92. The largest absolute Gasteiger partial charge is 0.497 e. The van der Waals surface area contributed by atoms with Crippen LogP contribution in [0.1, 0.15) is 31.2 Å². The van der Waals surface area contributed by atoms with Crippen molar-refractivity contribution in [1.82, 2.24) is 9.13 Å². The summed E-state index contributed by atoms with van der Waals surface area (Å²) in [4.78, 5) is 44.5. The van der Waals surface area contributed by atoms with Crippen molar-refractivity contribution in [1.29, 1.82) is 0 Å². The molecule has 14 nitrogen and oxygen atoms in total. The number of carbonyl (C=O) groups excluding carboxylic acids is 1. The number of fused-ring (bicyclic) bond motifs is 2. The van der Waals surface area contributed by atoms with E-state index < -0.39 is 59.6 Å². The monoisotopic (exact) mass is 604 g/mol. The SMILES string of the molecule is COc1ccc(Cn2c(=O)ccn([C@@H]3O[C@H]([C@@H](O)[C@@H](N=[N+]=[N-])C(=O)N4CCc5ccccc54)[C@H]4OC(C)(C)O[C@H]43)c2=O)cc1. The van der Waals surface area contributed by atoms with Crippen LogP contribution >= 0.6 is 0 Å². The molecule has 1 aromatic heterocycles. The molecule has 0 radical (unpaired) electrons. The van der Waals surface area contributed by atoms with Gasteiger partial charge in [-0.2, -0.15) is 0 Å². The van der Waals surface area contributed by atoms with Gasteiger partial charge in [-0.1, -0.05) is 35.4 Å².